The summed E-state index contributed by atoms with van der Waals surface area (Å²) in [6.07, 6.45) is 4.30. The Hall–Kier alpha value is -3.68. The van der Waals surface area contributed by atoms with E-state index in [4.69, 9.17) is 0 Å². The topological polar surface area (TPSA) is 63.9 Å². The summed E-state index contributed by atoms with van der Waals surface area (Å²) in [6.45, 7) is -0.284. The van der Waals surface area contributed by atoms with Crippen LogP contribution in [0.25, 0.3) is 22.2 Å². The van der Waals surface area contributed by atoms with E-state index in [1.165, 1.54) is 24.7 Å². The van der Waals surface area contributed by atoms with Crippen LogP contribution in [0, 0.1) is 11.6 Å². The summed E-state index contributed by atoms with van der Waals surface area (Å²) in [4.78, 5) is 26.8. The molecule has 6 nitrogen and oxygen atoms in total. The van der Waals surface area contributed by atoms with E-state index in [9.17, 15) is 13.6 Å². The fourth-order valence-electron chi connectivity index (χ4n) is 3.01. The van der Waals surface area contributed by atoms with Crippen molar-refractivity contribution >= 4 is 16.9 Å². The van der Waals surface area contributed by atoms with Gasteiger partial charge in [-0.2, -0.15) is 0 Å². The summed E-state index contributed by atoms with van der Waals surface area (Å²) in [7, 11) is 3.71. The smallest absolute Gasteiger partial charge is 0.280 e. The number of halogens is 2. The first-order valence-electron chi connectivity index (χ1n) is 8.86. The predicted molar refractivity (Wildman–Crippen MR) is 107 cm³/mol. The molecular formula is C21H17F2N5O. The van der Waals surface area contributed by atoms with Gasteiger partial charge in [0.2, 0.25) is 0 Å². The van der Waals surface area contributed by atoms with Crippen molar-refractivity contribution in [2.75, 3.05) is 19.0 Å². The number of benzene rings is 1. The van der Waals surface area contributed by atoms with Gasteiger partial charge in [-0.3, -0.25) is 9.36 Å². The van der Waals surface area contributed by atoms with Gasteiger partial charge < -0.3 is 4.90 Å². The molecule has 0 N–H and O–H groups in total. The monoisotopic (exact) mass is 393 g/mol. The van der Waals surface area contributed by atoms with Gasteiger partial charge in [0.25, 0.3) is 5.56 Å². The van der Waals surface area contributed by atoms with Gasteiger partial charge in [0.1, 0.15) is 17.5 Å². The van der Waals surface area contributed by atoms with Crippen molar-refractivity contribution in [3.63, 3.8) is 0 Å². The van der Waals surface area contributed by atoms with Gasteiger partial charge in [0, 0.05) is 37.6 Å². The average Bonchev–Trinajstić information content (AvgIpc) is 2.72. The van der Waals surface area contributed by atoms with Crippen molar-refractivity contribution in [2.24, 2.45) is 0 Å². The van der Waals surface area contributed by atoms with Crippen molar-refractivity contribution < 1.29 is 8.78 Å². The first-order chi connectivity index (χ1) is 13.9. The van der Waals surface area contributed by atoms with Crippen LogP contribution in [0.5, 0.6) is 0 Å². The first-order valence-corrected chi connectivity index (χ1v) is 8.86. The zero-order chi connectivity index (χ0) is 20.5. The Bertz CT molecular complexity index is 1230. The van der Waals surface area contributed by atoms with E-state index < -0.39 is 17.2 Å². The third-order valence-electron chi connectivity index (χ3n) is 4.59. The highest BCUT2D eigenvalue weighted by Crippen LogP contribution is 2.25. The zero-order valence-electron chi connectivity index (χ0n) is 15.8. The number of nitrogens with zero attached hydrogens (tertiary/aromatic N) is 5. The summed E-state index contributed by atoms with van der Waals surface area (Å²) < 4.78 is 30.6. The lowest BCUT2D eigenvalue weighted by Crippen LogP contribution is -2.23. The lowest BCUT2D eigenvalue weighted by atomic mass is 10.0. The standard InChI is InChI=1S/C21H17F2N5O/c1-27(2)19-6-5-13(10-25-19)14-8-16(22)15(17(23)9-14)11-28-12-26-18-4-3-7-24-20(18)21(28)29/h3-10,12H,11H2,1-2H3. The molecule has 3 heterocycles. The van der Waals surface area contributed by atoms with Crippen molar-refractivity contribution in [3.05, 3.63) is 82.7 Å². The second-order valence-corrected chi connectivity index (χ2v) is 6.77. The molecule has 0 saturated heterocycles. The molecule has 0 amide bonds. The molecule has 0 fully saturated rings. The van der Waals surface area contributed by atoms with E-state index >= 15 is 0 Å². The maximum Gasteiger partial charge on any atom is 0.280 e. The van der Waals surface area contributed by atoms with E-state index in [-0.39, 0.29) is 17.6 Å². The fourth-order valence-corrected chi connectivity index (χ4v) is 3.01. The number of anilines is 1. The van der Waals surface area contributed by atoms with Crippen LogP contribution in [-0.2, 0) is 6.54 Å². The number of aromatic nitrogens is 4. The molecule has 0 saturated carbocycles. The Morgan fingerprint density at radius 2 is 1.76 bits per heavy atom. The van der Waals surface area contributed by atoms with Gasteiger partial charge in [-0.15, -0.1) is 0 Å². The zero-order valence-corrected chi connectivity index (χ0v) is 15.8. The molecule has 0 spiro atoms. The maximum absolute atomic E-state index is 14.7. The SMILES string of the molecule is CN(C)c1ccc(-c2cc(F)c(Cn3cnc4cccnc4c3=O)c(F)c2)cn1. The lowest BCUT2D eigenvalue weighted by molar-refractivity contribution is 0.541. The predicted octanol–water partition coefficient (Wildman–Crippen LogP) is 3.25. The van der Waals surface area contributed by atoms with Crippen LogP contribution in [0.15, 0.2) is 59.9 Å². The molecule has 0 aliphatic carbocycles. The van der Waals surface area contributed by atoms with E-state index in [0.717, 1.165) is 10.4 Å². The summed E-state index contributed by atoms with van der Waals surface area (Å²) >= 11 is 0. The summed E-state index contributed by atoms with van der Waals surface area (Å²) in [5, 5.41) is 0. The third-order valence-corrected chi connectivity index (χ3v) is 4.59. The van der Waals surface area contributed by atoms with Crippen molar-refractivity contribution in [1.29, 1.82) is 0 Å². The molecule has 0 aliphatic rings. The van der Waals surface area contributed by atoms with Gasteiger partial charge in [0.15, 0.2) is 5.52 Å². The number of pyridine rings is 2. The molecule has 0 bridgehead atoms. The van der Waals surface area contributed by atoms with Crippen molar-refractivity contribution in [3.8, 4) is 11.1 Å². The molecule has 8 heteroatoms. The minimum Gasteiger partial charge on any atom is -0.363 e. The minimum atomic E-state index is -0.746. The Labute approximate surface area is 165 Å². The number of fused-ring (bicyclic) bond motifs is 1. The molecule has 3 aromatic heterocycles. The largest absolute Gasteiger partial charge is 0.363 e. The molecule has 146 valence electrons. The molecule has 1 aromatic carbocycles. The van der Waals surface area contributed by atoms with Gasteiger partial charge in [0.05, 0.1) is 18.4 Å². The molecule has 0 aliphatic heterocycles. The van der Waals surface area contributed by atoms with Crippen LogP contribution >= 0.6 is 0 Å². The van der Waals surface area contributed by atoms with Gasteiger partial charge in [-0.25, -0.2) is 23.7 Å². The van der Waals surface area contributed by atoms with Gasteiger partial charge >= 0.3 is 0 Å². The number of rotatable bonds is 4. The normalized spacial score (nSPS) is 11.0. The van der Waals surface area contributed by atoms with Crippen molar-refractivity contribution in [1.82, 2.24) is 19.5 Å². The Kier molecular flexibility index (Phi) is 4.75. The molecule has 0 unspecified atom stereocenters. The maximum atomic E-state index is 14.7. The Balaban J connectivity index is 1.69. The quantitative estimate of drug-likeness (QED) is 0.533. The molecule has 0 radical (unpaired) electrons. The summed E-state index contributed by atoms with van der Waals surface area (Å²) in [6, 6.07) is 9.31. The first kappa shape index (κ1) is 18.7. The van der Waals surface area contributed by atoms with Crippen LogP contribution in [0.2, 0.25) is 0 Å². The van der Waals surface area contributed by atoms with Crippen LogP contribution < -0.4 is 10.5 Å². The second kappa shape index (κ2) is 7.38. The van der Waals surface area contributed by atoms with Crippen molar-refractivity contribution in [2.45, 2.75) is 6.54 Å². The highest BCUT2D eigenvalue weighted by atomic mass is 19.1. The highest BCUT2D eigenvalue weighted by molar-refractivity contribution is 5.72. The van der Waals surface area contributed by atoms with Crippen LogP contribution in [0.3, 0.4) is 0 Å². The van der Waals surface area contributed by atoms with E-state index in [1.807, 2.05) is 19.0 Å². The lowest BCUT2D eigenvalue weighted by Gasteiger charge is -2.13. The Morgan fingerprint density at radius 1 is 1.00 bits per heavy atom. The van der Waals surface area contributed by atoms with Crippen LogP contribution in [0.4, 0.5) is 14.6 Å². The fraction of sp³-hybridized carbons (Fsp3) is 0.143. The summed E-state index contributed by atoms with van der Waals surface area (Å²) in [5.41, 5.74) is 0.867. The number of hydrogen-bond acceptors (Lipinski definition) is 5. The molecule has 0 atom stereocenters. The van der Waals surface area contributed by atoms with Crippen LogP contribution in [0.1, 0.15) is 5.56 Å². The molecular weight excluding hydrogens is 376 g/mol. The minimum absolute atomic E-state index is 0.152. The third kappa shape index (κ3) is 3.56. The second-order valence-electron chi connectivity index (χ2n) is 6.77. The van der Waals surface area contributed by atoms with Crippen LogP contribution in [-0.4, -0.2) is 33.6 Å². The Morgan fingerprint density at radius 3 is 2.41 bits per heavy atom. The molecule has 4 aromatic rings. The molecule has 4 rings (SSSR count). The summed E-state index contributed by atoms with van der Waals surface area (Å²) in [5.74, 6) is -0.752. The van der Waals surface area contributed by atoms with E-state index in [2.05, 4.69) is 15.0 Å². The highest BCUT2D eigenvalue weighted by Gasteiger charge is 2.15. The van der Waals surface area contributed by atoms with Gasteiger partial charge in [-0.1, -0.05) is 0 Å². The van der Waals surface area contributed by atoms with Gasteiger partial charge in [-0.05, 0) is 42.0 Å². The molecule has 29 heavy (non-hydrogen) atoms. The van der Waals surface area contributed by atoms with E-state index in [1.54, 1.807) is 30.5 Å². The average molecular weight is 393 g/mol. The number of hydrogen-bond donors (Lipinski definition) is 0. The van der Waals surface area contributed by atoms with E-state index in [0.29, 0.717) is 16.6 Å².